The predicted molar refractivity (Wildman–Crippen MR) is 76.1 cm³/mol. The van der Waals surface area contributed by atoms with Crippen LogP contribution in [0.1, 0.15) is 37.2 Å². The molecule has 1 saturated carbocycles. The molecule has 6 heteroatoms. The summed E-state index contributed by atoms with van der Waals surface area (Å²) in [6.07, 6.45) is 3.79. The summed E-state index contributed by atoms with van der Waals surface area (Å²) < 4.78 is 10.0. The molecule has 0 atom stereocenters. The Labute approximate surface area is 123 Å². The summed E-state index contributed by atoms with van der Waals surface area (Å²) >= 11 is 0. The van der Waals surface area contributed by atoms with Crippen molar-refractivity contribution in [2.24, 2.45) is 0 Å². The van der Waals surface area contributed by atoms with E-state index in [9.17, 15) is 14.9 Å². The number of esters is 1. The Bertz CT molecular complexity index is 491. The summed E-state index contributed by atoms with van der Waals surface area (Å²) in [6, 6.07) is 6.77. The molecular formula is C15H19NO5. The molecule has 0 aromatic heterocycles. The first-order valence-corrected chi connectivity index (χ1v) is 7.03. The Morgan fingerprint density at radius 3 is 2.38 bits per heavy atom. The highest BCUT2D eigenvalue weighted by Crippen LogP contribution is 2.34. The number of ether oxygens (including phenoxy) is 2. The SMILES string of the molecule is COC(=O)COC1CCC(c2ccc([N+](=O)[O-])cc2)CC1. The van der Waals surface area contributed by atoms with Gasteiger partial charge in [-0.15, -0.1) is 0 Å². The normalized spacial score (nSPS) is 21.8. The summed E-state index contributed by atoms with van der Waals surface area (Å²) in [4.78, 5) is 21.3. The number of nitro groups is 1. The van der Waals surface area contributed by atoms with E-state index in [0.717, 1.165) is 31.2 Å². The minimum Gasteiger partial charge on any atom is -0.467 e. The summed E-state index contributed by atoms with van der Waals surface area (Å²) in [5.74, 6) is 0.0521. The second kappa shape index (κ2) is 7.17. The van der Waals surface area contributed by atoms with Crippen molar-refractivity contribution in [3.05, 3.63) is 39.9 Å². The number of benzene rings is 1. The molecule has 6 nitrogen and oxygen atoms in total. The fraction of sp³-hybridized carbons (Fsp3) is 0.533. The van der Waals surface area contributed by atoms with E-state index in [1.54, 1.807) is 12.1 Å². The first-order chi connectivity index (χ1) is 10.1. The van der Waals surface area contributed by atoms with Crippen LogP contribution in [0, 0.1) is 10.1 Å². The second-order valence-electron chi connectivity index (χ2n) is 5.21. The number of methoxy groups -OCH3 is 1. The number of hydrogen-bond acceptors (Lipinski definition) is 5. The number of hydrogen-bond donors (Lipinski definition) is 0. The average molecular weight is 293 g/mol. The number of nitrogens with zero attached hydrogens (tertiary/aromatic N) is 1. The standard InChI is InChI=1S/C15H19NO5/c1-20-15(17)10-21-14-8-4-12(5-9-14)11-2-6-13(7-3-11)16(18)19/h2-3,6-7,12,14H,4-5,8-10H2,1H3. The maximum Gasteiger partial charge on any atom is 0.331 e. The molecule has 1 aromatic rings. The van der Waals surface area contributed by atoms with Crippen molar-refractivity contribution in [2.45, 2.75) is 37.7 Å². The lowest BCUT2D eigenvalue weighted by Crippen LogP contribution is -2.24. The van der Waals surface area contributed by atoms with Crippen LogP contribution in [0.5, 0.6) is 0 Å². The Balaban J connectivity index is 1.83. The third-order valence-electron chi connectivity index (χ3n) is 3.91. The molecular weight excluding hydrogens is 274 g/mol. The smallest absolute Gasteiger partial charge is 0.331 e. The molecule has 114 valence electrons. The van der Waals surface area contributed by atoms with Gasteiger partial charge in [0, 0.05) is 12.1 Å². The van der Waals surface area contributed by atoms with Crippen molar-refractivity contribution in [1.29, 1.82) is 0 Å². The molecule has 0 saturated heterocycles. The van der Waals surface area contributed by atoms with Crippen molar-refractivity contribution in [2.75, 3.05) is 13.7 Å². The maximum absolute atomic E-state index is 11.0. The van der Waals surface area contributed by atoms with Gasteiger partial charge < -0.3 is 9.47 Å². The number of nitro benzene ring substituents is 1. The van der Waals surface area contributed by atoms with Crippen LogP contribution in [0.2, 0.25) is 0 Å². The zero-order valence-electron chi connectivity index (χ0n) is 12.0. The van der Waals surface area contributed by atoms with Crippen LogP contribution >= 0.6 is 0 Å². The predicted octanol–water partition coefficient (Wildman–Crippen LogP) is 2.81. The molecule has 0 bridgehead atoms. The molecule has 1 aromatic carbocycles. The first kappa shape index (κ1) is 15.4. The molecule has 21 heavy (non-hydrogen) atoms. The molecule has 0 N–H and O–H groups in total. The van der Waals surface area contributed by atoms with Crippen LogP contribution in [-0.2, 0) is 14.3 Å². The molecule has 2 rings (SSSR count). The molecule has 1 aliphatic carbocycles. The van der Waals surface area contributed by atoms with Gasteiger partial charge in [0.05, 0.1) is 18.1 Å². The van der Waals surface area contributed by atoms with Gasteiger partial charge in [-0.3, -0.25) is 10.1 Å². The monoisotopic (exact) mass is 293 g/mol. The van der Waals surface area contributed by atoms with Gasteiger partial charge in [0.1, 0.15) is 6.61 Å². The Morgan fingerprint density at radius 2 is 1.86 bits per heavy atom. The van der Waals surface area contributed by atoms with Gasteiger partial charge in [-0.2, -0.15) is 0 Å². The van der Waals surface area contributed by atoms with Crippen molar-refractivity contribution >= 4 is 11.7 Å². The second-order valence-corrected chi connectivity index (χ2v) is 5.21. The topological polar surface area (TPSA) is 78.7 Å². The highest BCUT2D eigenvalue weighted by atomic mass is 16.6. The molecule has 0 heterocycles. The van der Waals surface area contributed by atoms with Gasteiger partial charge in [-0.05, 0) is 37.2 Å². The number of carbonyl (C=O) groups excluding carboxylic acids is 1. The number of non-ortho nitro benzene ring substituents is 1. The van der Waals surface area contributed by atoms with E-state index in [-0.39, 0.29) is 29.3 Å². The Hall–Kier alpha value is -1.95. The van der Waals surface area contributed by atoms with E-state index in [1.807, 2.05) is 12.1 Å². The zero-order chi connectivity index (χ0) is 15.2. The summed E-state index contributed by atoms with van der Waals surface area (Å²) in [5.41, 5.74) is 1.25. The van der Waals surface area contributed by atoms with Crippen molar-refractivity contribution < 1.29 is 19.2 Å². The fourth-order valence-electron chi connectivity index (χ4n) is 2.68. The van der Waals surface area contributed by atoms with Gasteiger partial charge in [-0.1, -0.05) is 12.1 Å². The van der Waals surface area contributed by atoms with Gasteiger partial charge >= 0.3 is 5.97 Å². The zero-order valence-corrected chi connectivity index (χ0v) is 12.0. The van der Waals surface area contributed by atoms with Crippen LogP contribution in [0.3, 0.4) is 0 Å². The van der Waals surface area contributed by atoms with E-state index in [4.69, 9.17) is 4.74 Å². The van der Waals surface area contributed by atoms with E-state index in [1.165, 1.54) is 7.11 Å². The quantitative estimate of drug-likeness (QED) is 0.474. The average Bonchev–Trinajstić information content (AvgIpc) is 2.53. The van der Waals surface area contributed by atoms with E-state index in [2.05, 4.69) is 4.74 Å². The lowest BCUT2D eigenvalue weighted by atomic mass is 9.83. The lowest BCUT2D eigenvalue weighted by molar-refractivity contribution is -0.384. The minimum atomic E-state index is -0.388. The van der Waals surface area contributed by atoms with Crippen LogP contribution in [0.4, 0.5) is 5.69 Å². The highest BCUT2D eigenvalue weighted by molar-refractivity contribution is 5.70. The molecule has 1 aliphatic rings. The van der Waals surface area contributed by atoms with Crippen molar-refractivity contribution in [1.82, 2.24) is 0 Å². The highest BCUT2D eigenvalue weighted by Gasteiger charge is 2.23. The van der Waals surface area contributed by atoms with Gasteiger partial charge in [0.15, 0.2) is 0 Å². The van der Waals surface area contributed by atoms with E-state index < -0.39 is 0 Å². The van der Waals surface area contributed by atoms with Crippen LogP contribution in [0.25, 0.3) is 0 Å². The largest absolute Gasteiger partial charge is 0.467 e. The third-order valence-corrected chi connectivity index (χ3v) is 3.91. The van der Waals surface area contributed by atoms with Crippen LogP contribution in [0.15, 0.2) is 24.3 Å². The third kappa shape index (κ3) is 4.26. The van der Waals surface area contributed by atoms with Gasteiger partial charge in [0.2, 0.25) is 0 Å². The number of carbonyl (C=O) groups is 1. The molecule has 0 unspecified atom stereocenters. The summed E-state index contributed by atoms with van der Waals surface area (Å²) in [5, 5.41) is 10.6. The van der Waals surface area contributed by atoms with E-state index >= 15 is 0 Å². The molecule has 0 aliphatic heterocycles. The molecule has 0 spiro atoms. The summed E-state index contributed by atoms with van der Waals surface area (Å²) in [7, 11) is 1.34. The minimum absolute atomic E-state index is 0.00334. The first-order valence-electron chi connectivity index (χ1n) is 7.03. The van der Waals surface area contributed by atoms with Crippen molar-refractivity contribution in [3.63, 3.8) is 0 Å². The van der Waals surface area contributed by atoms with Crippen LogP contribution < -0.4 is 0 Å². The number of rotatable bonds is 5. The molecule has 0 radical (unpaired) electrons. The lowest BCUT2D eigenvalue weighted by Gasteiger charge is -2.28. The van der Waals surface area contributed by atoms with Crippen molar-refractivity contribution in [3.8, 4) is 0 Å². The summed E-state index contributed by atoms with van der Waals surface area (Å²) in [6.45, 7) is 0.00334. The Kier molecular flexibility index (Phi) is 5.27. The molecule has 0 amide bonds. The fourth-order valence-corrected chi connectivity index (χ4v) is 2.68. The van der Waals surface area contributed by atoms with Gasteiger partial charge in [0.25, 0.3) is 5.69 Å². The van der Waals surface area contributed by atoms with Gasteiger partial charge in [-0.25, -0.2) is 4.79 Å². The van der Waals surface area contributed by atoms with Crippen LogP contribution in [-0.4, -0.2) is 30.7 Å². The Morgan fingerprint density at radius 1 is 1.24 bits per heavy atom. The molecule has 1 fully saturated rings. The van der Waals surface area contributed by atoms with E-state index in [0.29, 0.717) is 5.92 Å². The maximum atomic E-state index is 11.0.